The molecule has 0 bridgehead atoms. The highest BCUT2D eigenvalue weighted by Gasteiger charge is 2.50. The van der Waals surface area contributed by atoms with Crippen LogP contribution in [-0.2, 0) is 9.09 Å². The van der Waals surface area contributed by atoms with Crippen LogP contribution in [-0.4, -0.2) is 54.5 Å². The molecule has 30 heavy (non-hydrogen) atoms. The molecule has 2 fully saturated rings. The number of nitro benzene ring substituents is 1. The summed E-state index contributed by atoms with van der Waals surface area (Å²) in [5, 5.41) is 11.5. The highest BCUT2D eigenvalue weighted by molar-refractivity contribution is 7.54. The Morgan fingerprint density at radius 1 is 1.10 bits per heavy atom. The first-order valence-electron chi connectivity index (χ1n) is 9.81. The Labute approximate surface area is 175 Å². The topological polar surface area (TPSA) is 87.9 Å². The Kier molecular flexibility index (Phi) is 5.55. The molecule has 0 saturated carbocycles. The van der Waals surface area contributed by atoms with E-state index in [0.29, 0.717) is 11.3 Å². The number of hydrogen-bond acceptors (Lipinski definition) is 6. The van der Waals surface area contributed by atoms with Gasteiger partial charge in [-0.05, 0) is 36.8 Å². The van der Waals surface area contributed by atoms with E-state index in [1.54, 1.807) is 25.1 Å². The standard InChI is InChI=1S/C20H25N4O5P/c1-15(29-30(27,22-9-10-22)23-11-12-23)16-7-8-19(24(25)26)20(13-16)28-18-6-4-5-17(14-18)21(2)3/h4-8,13-15H,9-12H2,1-3H3. The molecule has 10 heteroatoms. The van der Waals surface area contributed by atoms with Crippen LogP contribution in [0, 0.1) is 10.1 Å². The van der Waals surface area contributed by atoms with Gasteiger partial charge >= 0.3 is 13.4 Å². The fraction of sp³-hybridized carbons (Fsp3) is 0.400. The molecule has 2 saturated heterocycles. The summed E-state index contributed by atoms with van der Waals surface area (Å²) < 4.78 is 28.8. The average Bonchev–Trinajstić information content (AvgIpc) is 3.59. The van der Waals surface area contributed by atoms with Crippen LogP contribution in [0.3, 0.4) is 0 Å². The van der Waals surface area contributed by atoms with E-state index < -0.39 is 18.7 Å². The Morgan fingerprint density at radius 2 is 1.77 bits per heavy atom. The fourth-order valence-corrected chi connectivity index (χ4v) is 5.49. The van der Waals surface area contributed by atoms with E-state index in [1.165, 1.54) is 6.07 Å². The van der Waals surface area contributed by atoms with Crippen LogP contribution >= 0.6 is 7.67 Å². The molecule has 2 aliphatic rings. The second-order valence-corrected chi connectivity index (χ2v) is 9.95. The lowest BCUT2D eigenvalue weighted by Crippen LogP contribution is -2.10. The Bertz CT molecular complexity index is 990. The first kappa shape index (κ1) is 20.8. The van der Waals surface area contributed by atoms with Gasteiger partial charge in [0.1, 0.15) is 5.75 Å². The SMILES string of the molecule is CC(OP(=O)(N1CC1)N1CC1)c1ccc([N+](=O)[O-])c(Oc2cccc(N(C)C)c2)c1. The molecule has 2 aromatic carbocycles. The smallest absolute Gasteiger partial charge is 0.346 e. The summed E-state index contributed by atoms with van der Waals surface area (Å²) in [5.41, 5.74) is 1.45. The normalized spacial score (nSPS) is 17.4. The van der Waals surface area contributed by atoms with Crippen molar-refractivity contribution in [3.05, 3.63) is 58.1 Å². The zero-order valence-electron chi connectivity index (χ0n) is 17.2. The van der Waals surface area contributed by atoms with Crippen LogP contribution in [0.1, 0.15) is 18.6 Å². The van der Waals surface area contributed by atoms with Crippen LogP contribution < -0.4 is 9.64 Å². The fourth-order valence-electron chi connectivity index (χ4n) is 3.14. The van der Waals surface area contributed by atoms with Crippen molar-refractivity contribution in [2.75, 3.05) is 45.2 Å². The zero-order chi connectivity index (χ0) is 21.5. The first-order chi connectivity index (χ1) is 14.3. The second-order valence-electron chi connectivity index (χ2n) is 7.62. The quantitative estimate of drug-likeness (QED) is 0.251. The molecule has 0 aliphatic carbocycles. The Balaban J connectivity index is 1.60. The van der Waals surface area contributed by atoms with Gasteiger partial charge in [-0.15, -0.1) is 0 Å². The Morgan fingerprint density at radius 3 is 2.33 bits per heavy atom. The molecular formula is C20H25N4O5P. The molecule has 0 radical (unpaired) electrons. The third kappa shape index (κ3) is 4.34. The Hall–Kier alpha value is -2.45. The van der Waals surface area contributed by atoms with Crippen molar-refractivity contribution in [2.45, 2.75) is 13.0 Å². The molecule has 0 aromatic heterocycles. The molecular weight excluding hydrogens is 407 g/mol. The maximum Gasteiger partial charge on any atom is 0.346 e. The van der Waals surface area contributed by atoms with Crippen molar-refractivity contribution in [1.82, 2.24) is 9.34 Å². The van der Waals surface area contributed by atoms with Crippen molar-refractivity contribution in [1.29, 1.82) is 0 Å². The van der Waals surface area contributed by atoms with Gasteiger partial charge in [0, 0.05) is 58.1 Å². The summed E-state index contributed by atoms with van der Waals surface area (Å²) in [6, 6.07) is 11.9. The molecule has 160 valence electrons. The summed E-state index contributed by atoms with van der Waals surface area (Å²) in [4.78, 5) is 13.0. The average molecular weight is 432 g/mol. The van der Waals surface area contributed by atoms with Gasteiger partial charge in [0.05, 0.1) is 11.0 Å². The lowest BCUT2D eigenvalue weighted by atomic mass is 10.1. The number of rotatable bonds is 9. The van der Waals surface area contributed by atoms with Gasteiger partial charge in [-0.25, -0.2) is 9.34 Å². The molecule has 0 amide bonds. The number of nitro groups is 1. The second kappa shape index (κ2) is 8.00. The summed E-state index contributed by atoms with van der Waals surface area (Å²) in [7, 11) is 0.810. The van der Waals surface area contributed by atoms with Crippen molar-refractivity contribution >= 4 is 19.0 Å². The summed E-state index contributed by atoms with van der Waals surface area (Å²) in [5.74, 6) is 0.617. The molecule has 0 N–H and O–H groups in total. The van der Waals surface area contributed by atoms with Gasteiger partial charge in [-0.3, -0.25) is 19.2 Å². The van der Waals surface area contributed by atoms with Gasteiger partial charge < -0.3 is 9.64 Å². The number of anilines is 1. The van der Waals surface area contributed by atoms with Crippen molar-refractivity contribution in [2.24, 2.45) is 0 Å². The molecule has 1 unspecified atom stereocenters. The van der Waals surface area contributed by atoms with Gasteiger partial charge in [0.15, 0.2) is 0 Å². The maximum atomic E-state index is 13.3. The third-order valence-electron chi connectivity index (χ3n) is 5.07. The van der Waals surface area contributed by atoms with Crippen LogP contribution in [0.2, 0.25) is 0 Å². The molecule has 2 heterocycles. The van der Waals surface area contributed by atoms with Gasteiger partial charge in [-0.2, -0.15) is 0 Å². The maximum absolute atomic E-state index is 13.3. The monoisotopic (exact) mass is 432 g/mol. The molecule has 9 nitrogen and oxygen atoms in total. The zero-order valence-corrected chi connectivity index (χ0v) is 18.1. The van der Waals surface area contributed by atoms with Gasteiger partial charge in [-0.1, -0.05) is 6.07 Å². The first-order valence-corrected chi connectivity index (χ1v) is 11.3. The van der Waals surface area contributed by atoms with E-state index in [1.807, 2.05) is 46.5 Å². The van der Waals surface area contributed by atoms with E-state index >= 15 is 0 Å². The number of hydrogen-bond donors (Lipinski definition) is 0. The molecule has 4 rings (SSSR count). The minimum Gasteiger partial charge on any atom is -0.450 e. The highest BCUT2D eigenvalue weighted by Crippen LogP contribution is 2.63. The summed E-state index contributed by atoms with van der Waals surface area (Å²) in [6.07, 6.45) is -0.506. The van der Waals surface area contributed by atoms with E-state index in [9.17, 15) is 14.7 Å². The molecule has 2 aromatic rings. The predicted octanol–water partition coefficient (Wildman–Crippen LogP) is 4.27. The molecule has 0 spiro atoms. The number of ether oxygens (including phenoxy) is 1. The number of nitrogens with zero attached hydrogens (tertiary/aromatic N) is 4. The summed E-state index contributed by atoms with van der Waals surface area (Å²) >= 11 is 0. The van der Waals surface area contributed by atoms with E-state index in [2.05, 4.69) is 0 Å². The van der Waals surface area contributed by atoms with Crippen molar-refractivity contribution in [3.63, 3.8) is 0 Å². The van der Waals surface area contributed by atoms with E-state index in [0.717, 1.165) is 31.9 Å². The summed E-state index contributed by atoms with van der Waals surface area (Å²) in [6.45, 7) is 4.85. The van der Waals surface area contributed by atoms with Crippen molar-refractivity contribution in [3.8, 4) is 11.5 Å². The molecule has 1 atom stereocenters. The lowest BCUT2D eigenvalue weighted by molar-refractivity contribution is -0.385. The minimum absolute atomic E-state index is 0.122. The lowest BCUT2D eigenvalue weighted by Gasteiger charge is -2.24. The largest absolute Gasteiger partial charge is 0.450 e. The van der Waals surface area contributed by atoms with E-state index in [4.69, 9.17) is 9.26 Å². The third-order valence-corrected chi connectivity index (χ3v) is 7.89. The predicted molar refractivity (Wildman–Crippen MR) is 114 cm³/mol. The van der Waals surface area contributed by atoms with Gasteiger partial charge in [0.25, 0.3) is 0 Å². The molecule has 2 aliphatic heterocycles. The van der Waals surface area contributed by atoms with Crippen LogP contribution in [0.4, 0.5) is 11.4 Å². The van der Waals surface area contributed by atoms with E-state index in [-0.39, 0.29) is 11.4 Å². The number of benzene rings is 2. The van der Waals surface area contributed by atoms with Crippen LogP contribution in [0.25, 0.3) is 0 Å². The van der Waals surface area contributed by atoms with Gasteiger partial charge in [0.2, 0.25) is 5.75 Å². The van der Waals surface area contributed by atoms with Crippen LogP contribution in [0.5, 0.6) is 11.5 Å². The minimum atomic E-state index is -3.01. The van der Waals surface area contributed by atoms with Crippen molar-refractivity contribution < 1.29 is 18.7 Å². The highest BCUT2D eigenvalue weighted by atomic mass is 31.2. The van der Waals surface area contributed by atoms with Crippen LogP contribution in [0.15, 0.2) is 42.5 Å².